The Bertz CT molecular complexity index is 1380. The quantitative estimate of drug-likeness (QED) is 0.388. The van der Waals surface area contributed by atoms with Crippen LogP contribution in [0.5, 0.6) is 0 Å². The average molecular weight is 431 g/mol. The van der Waals surface area contributed by atoms with E-state index in [-0.39, 0.29) is 24.1 Å². The van der Waals surface area contributed by atoms with Gasteiger partial charge in [-0.15, -0.1) is 0 Å². The van der Waals surface area contributed by atoms with Crippen LogP contribution < -0.4 is 5.56 Å². The second kappa shape index (κ2) is 6.84. The van der Waals surface area contributed by atoms with Crippen LogP contribution in [-0.4, -0.2) is 32.4 Å². The summed E-state index contributed by atoms with van der Waals surface area (Å²) in [6.45, 7) is 8.05. The molecule has 32 heavy (non-hydrogen) atoms. The van der Waals surface area contributed by atoms with Gasteiger partial charge in [-0.2, -0.15) is 0 Å². The van der Waals surface area contributed by atoms with Crippen molar-refractivity contribution in [1.82, 2.24) is 9.55 Å². The molecule has 2 aromatic heterocycles. The number of carbonyl (C=O) groups is 1. The van der Waals surface area contributed by atoms with E-state index in [1.807, 2.05) is 51.3 Å². The van der Waals surface area contributed by atoms with Gasteiger partial charge in [-0.25, -0.2) is 9.78 Å². The number of esters is 1. The molecule has 7 nitrogen and oxygen atoms in total. The maximum absolute atomic E-state index is 13.3. The Balaban J connectivity index is 1.74. The van der Waals surface area contributed by atoms with Crippen LogP contribution in [-0.2, 0) is 28.3 Å². The molecule has 0 saturated heterocycles. The summed E-state index contributed by atoms with van der Waals surface area (Å²) in [6, 6.07) is 9.72. The van der Waals surface area contributed by atoms with Gasteiger partial charge < -0.3 is 14.4 Å². The molecule has 3 aromatic rings. The molecule has 0 unspecified atom stereocenters. The monoisotopic (exact) mass is 431 g/mol. The number of cyclic esters (lactones) is 1. The molecule has 2 aliphatic rings. The van der Waals surface area contributed by atoms with Crippen LogP contribution in [0.1, 0.15) is 56.4 Å². The van der Waals surface area contributed by atoms with E-state index >= 15 is 0 Å². The molecular formula is C25H25N3O4. The minimum absolute atomic E-state index is 0.118. The van der Waals surface area contributed by atoms with Crippen molar-refractivity contribution in [3.8, 4) is 11.4 Å². The molecule has 0 bridgehead atoms. The highest BCUT2D eigenvalue weighted by atomic mass is 16.6. The number of hydrogen-bond acceptors (Lipinski definition) is 6. The highest BCUT2D eigenvalue weighted by Gasteiger charge is 2.45. The fraction of sp³-hybridized carbons (Fsp3) is 0.360. The number of pyridine rings is 2. The zero-order valence-electron chi connectivity index (χ0n) is 18.6. The molecule has 0 fully saturated rings. The molecule has 1 N–H and O–H groups in total. The molecular weight excluding hydrogens is 406 g/mol. The highest BCUT2D eigenvalue weighted by Crippen LogP contribution is 2.38. The molecule has 0 aliphatic carbocycles. The lowest BCUT2D eigenvalue weighted by Crippen LogP contribution is -2.44. The maximum Gasteiger partial charge on any atom is 0.343 e. The molecule has 5 rings (SSSR count). The maximum atomic E-state index is 13.3. The number of aromatic nitrogens is 2. The van der Waals surface area contributed by atoms with Crippen molar-refractivity contribution in [2.45, 2.75) is 58.4 Å². The van der Waals surface area contributed by atoms with Crippen molar-refractivity contribution in [1.29, 1.82) is 0 Å². The number of fused-ring (bicyclic) bond motifs is 5. The van der Waals surface area contributed by atoms with Crippen LogP contribution >= 0.6 is 0 Å². The number of hydrogen-bond donors (Lipinski definition) is 1. The van der Waals surface area contributed by atoms with E-state index in [9.17, 15) is 14.7 Å². The van der Waals surface area contributed by atoms with Gasteiger partial charge in [0.2, 0.25) is 0 Å². The zero-order chi connectivity index (χ0) is 22.8. The molecule has 164 valence electrons. The third-order valence-electron chi connectivity index (χ3n) is 6.16. The van der Waals surface area contributed by atoms with Gasteiger partial charge in [-0.3, -0.25) is 9.79 Å². The van der Waals surface area contributed by atoms with Crippen molar-refractivity contribution in [3.05, 3.63) is 62.9 Å². The van der Waals surface area contributed by atoms with Gasteiger partial charge in [0.05, 0.1) is 34.6 Å². The lowest BCUT2D eigenvalue weighted by atomic mass is 9.86. The molecule has 4 heterocycles. The summed E-state index contributed by atoms with van der Waals surface area (Å²) >= 11 is 0. The smallest absolute Gasteiger partial charge is 0.343 e. The molecule has 7 heteroatoms. The highest BCUT2D eigenvalue weighted by molar-refractivity contribution is 5.99. The standard InChI is InChI=1S/C25H25N3O4/c1-5-25(31)18-10-19-21-16(12-28(19)22(29)17(18)13-32-23(25)30)9-14-7-6-8-15(20(14)27-21)11-26-24(2,3)4/h6-11,31H,5,12-13H2,1-4H3/t25-/m0/s1. The Kier molecular flexibility index (Phi) is 4.40. The number of rotatable bonds is 2. The second-order valence-corrected chi connectivity index (χ2v) is 9.45. The first kappa shape index (κ1) is 20.6. The SMILES string of the molecule is CC[C@@]1(O)C(=O)OCc2c1cc1n(c2=O)Cc2cc3cccc(C=NC(C)(C)C)c3nc2-1. The van der Waals surface area contributed by atoms with E-state index in [1.165, 1.54) is 0 Å². The Morgan fingerprint density at radius 3 is 2.78 bits per heavy atom. The number of aliphatic imine (C=N–C) groups is 1. The van der Waals surface area contributed by atoms with Crippen LogP contribution in [0.25, 0.3) is 22.3 Å². The van der Waals surface area contributed by atoms with Gasteiger partial charge in [0.1, 0.15) is 6.61 Å². The predicted molar refractivity (Wildman–Crippen MR) is 122 cm³/mol. The van der Waals surface area contributed by atoms with E-state index in [1.54, 1.807) is 17.6 Å². The van der Waals surface area contributed by atoms with E-state index in [4.69, 9.17) is 9.72 Å². The summed E-state index contributed by atoms with van der Waals surface area (Å²) < 4.78 is 6.78. The first-order valence-electron chi connectivity index (χ1n) is 10.8. The molecule has 0 saturated carbocycles. The number of nitrogens with zero attached hydrogens (tertiary/aromatic N) is 3. The van der Waals surface area contributed by atoms with Gasteiger partial charge in [0.15, 0.2) is 5.60 Å². The van der Waals surface area contributed by atoms with E-state index in [0.717, 1.165) is 22.0 Å². The fourth-order valence-corrected chi connectivity index (χ4v) is 4.40. The van der Waals surface area contributed by atoms with Gasteiger partial charge in [-0.1, -0.05) is 25.1 Å². The van der Waals surface area contributed by atoms with Crippen molar-refractivity contribution in [3.63, 3.8) is 0 Å². The Labute approximate surface area is 185 Å². The summed E-state index contributed by atoms with van der Waals surface area (Å²) in [4.78, 5) is 35.1. The van der Waals surface area contributed by atoms with Crippen LogP contribution in [0.4, 0.5) is 0 Å². The lowest BCUT2D eigenvalue weighted by Gasteiger charge is -2.31. The molecule has 0 radical (unpaired) electrons. The van der Waals surface area contributed by atoms with Crippen LogP contribution in [0.2, 0.25) is 0 Å². The molecule has 2 aliphatic heterocycles. The molecule has 1 aromatic carbocycles. The normalized spacial score (nSPS) is 19.7. The summed E-state index contributed by atoms with van der Waals surface area (Å²) in [7, 11) is 0. The third kappa shape index (κ3) is 2.99. The van der Waals surface area contributed by atoms with Gasteiger partial charge in [-0.05, 0) is 39.3 Å². The molecule has 0 spiro atoms. The van der Waals surface area contributed by atoms with E-state index in [2.05, 4.69) is 4.99 Å². The molecule has 0 amide bonds. The minimum Gasteiger partial charge on any atom is -0.458 e. The van der Waals surface area contributed by atoms with Crippen LogP contribution in [0.3, 0.4) is 0 Å². The fourth-order valence-electron chi connectivity index (χ4n) is 4.40. The topological polar surface area (TPSA) is 93.8 Å². The Morgan fingerprint density at radius 2 is 2.06 bits per heavy atom. The van der Waals surface area contributed by atoms with Crippen molar-refractivity contribution >= 4 is 23.1 Å². The number of para-hydroxylation sites is 1. The zero-order valence-corrected chi connectivity index (χ0v) is 18.6. The summed E-state index contributed by atoms with van der Waals surface area (Å²) in [5.41, 5.74) is 2.26. The predicted octanol–water partition coefficient (Wildman–Crippen LogP) is 3.30. The summed E-state index contributed by atoms with van der Waals surface area (Å²) in [5.74, 6) is -0.720. The number of benzene rings is 1. The van der Waals surface area contributed by atoms with Crippen LogP contribution in [0.15, 0.2) is 40.1 Å². The first-order valence-corrected chi connectivity index (χ1v) is 10.8. The van der Waals surface area contributed by atoms with Crippen molar-refractivity contribution < 1.29 is 14.6 Å². The Hall–Kier alpha value is -3.32. The molecule has 1 atom stereocenters. The number of aliphatic hydroxyl groups is 1. The minimum atomic E-state index is -1.83. The number of ether oxygens (including phenoxy) is 1. The van der Waals surface area contributed by atoms with Gasteiger partial charge in [0.25, 0.3) is 5.56 Å². The van der Waals surface area contributed by atoms with E-state index < -0.39 is 11.6 Å². The summed E-state index contributed by atoms with van der Waals surface area (Å²) in [5, 5.41) is 12.0. The van der Waals surface area contributed by atoms with Crippen LogP contribution in [0, 0.1) is 0 Å². The van der Waals surface area contributed by atoms with Gasteiger partial charge in [0, 0.05) is 28.3 Å². The number of carbonyl (C=O) groups excluding carboxylic acids is 1. The summed E-state index contributed by atoms with van der Waals surface area (Å²) in [6.07, 6.45) is 1.95. The first-order chi connectivity index (χ1) is 15.1. The van der Waals surface area contributed by atoms with Gasteiger partial charge >= 0.3 is 5.97 Å². The van der Waals surface area contributed by atoms with E-state index in [0.29, 0.717) is 29.1 Å². The van der Waals surface area contributed by atoms with Crippen molar-refractivity contribution in [2.24, 2.45) is 4.99 Å². The van der Waals surface area contributed by atoms with Crippen molar-refractivity contribution in [2.75, 3.05) is 0 Å². The average Bonchev–Trinajstić information content (AvgIpc) is 3.11. The lowest BCUT2D eigenvalue weighted by molar-refractivity contribution is -0.172. The largest absolute Gasteiger partial charge is 0.458 e. The third-order valence-corrected chi connectivity index (χ3v) is 6.16. The second-order valence-electron chi connectivity index (χ2n) is 9.45. The Morgan fingerprint density at radius 1 is 1.28 bits per heavy atom.